The maximum atomic E-state index is 12.8. The van der Waals surface area contributed by atoms with Gasteiger partial charge in [0.2, 0.25) is 15.9 Å². The van der Waals surface area contributed by atoms with Crippen molar-refractivity contribution in [1.29, 1.82) is 0 Å². The van der Waals surface area contributed by atoms with Gasteiger partial charge in [0.1, 0.15) is 12.3 Å². The van der Waals surface area contributed by atoms with Gasteiger partial charge < -0.3 is 20.0 Å². The van der Waals surface area contributed by atoms with Gasteiger partial charge in [0.15, 0.2) is 0 Å². The van der Waals surface area contributed by atoms with Crippen LogP contribution < -0.4 is 14.9 Å². The van der Waals surface area contributed by atoms with E-state index in [1.54, 1.807) is 50.5 Å². The van der Waals surface area contributed by atoms with Crippen LogP contribution >= 0.6 is 0 Å². The zero-order valence-electron chi connectivity index (χ0n) is 19.5. The molecule has 35 heavy (non-hydrogen) atoms. The fraction of sp³-hybridized carbons (Fsp3) is 0.208. The Balaban J connectivity index is 1.74. The van der Waals surface area contributed by atoms with E-state index in [4.69, 9.17) is 4.42 Å². The zero-order valence-corrected chi connectivity index (χ0v) is 20.3. The van der Waals surface area contributed by atoms with E-state index in [2.05, 4.69) is 10.6 Å². The second-order valence-corrected chi connectivity index (χ2v) is 9.78. The molecule has 0 unspecified atom stereocenters. The van der Waals surface area contributed by atoms with Crippen molar-refractivity contribution in [1.82, 2.24) is 10.2 Å². The van der Waals surface area contributed by atoms with Crippen LogP contribution in [0, 0.1) is 0 Å². The van der Waals surface area contributed by atoms with Gasteiger partial charge in [0.25, 0.3) is 11.8 Å². The van der Waals surface area contributed by atoms with Gasteiger partial charge in [0.05, 0.1) is 36.0 Å². The molecule has 0 atom stereocenters. The summed E-state index contributed by atoms with van der Waals surface area (Å²) in [4.78, 5) is 38.9. The van der Waals surface area contributed by atoms with Gasteiger partial charge in [-0.2, -0.15) is 0 Å². The van der Waals surface area contributed by atoms with E-state index < -0.39 is 28.4 Å². The van der Waals surface area contributed by atoms with Crippen molar-refractivity contribution in [3.05, 3.63) is 83.8 Å². The normalized spacial score (nSPS) is 10.9. The SMILES string of the molecule is CN(C)C(=O)c1ccc(N(CC(=O)Nc2ccccc2C(=O)NCc2ccco2)S(C)(=O)=O)cc1. The molecule has 0 aliphatic rings. The molecule has 2 N–H and O–H groups in total. The molecule has 0 saturated carbocycles. The smallest absolute Gasteiger partial charge is 0.253 e. The molecular formula is C24H26N4O6S. The molecule has 3 rings (SSSR count). The number of nitrogens with zero attached hydrogens (tertiary/aromatic N) is 2. The van der Waals surface area contributed by atoms with Gasteiger partial charge in [-0.15, -0.1) is 0 Å². The first-order valence-corrected chi connectivity index (χ1v) is 12.4. The van der Waals surface area contributed by atoms with Gasteiger partial charge in [-0.3, -0.25) is 18.7 Å². The van der Waals surface area contributed by atoms with Crippen LogP contribution in [0.25, 0.3) is 0 Å². The quantitative estimate of drug-likeness (QED) is 0.466. The van der Waals surface area contributed by atoms with Crippen LogP contribution in [0.1, 0.15) is 26.5 Å². The molecule has 0 aliphatic heterocycles. The van der Waals surface area contributed by atoms with Gasteiger partial charge in [-0.1, -0.05) is 12.1 Å². The summed E-state index contributed by atoms with van der Waals surface area (Å²) < 4.78 is 31.0. The Kier molecular flexibility index (Phi) is 7.92. The number of rotatable bonds is 9. The Hall–Kier alpha value is -4.12. The van der Waals surface area contributed by atoms with E-state index in [0.717, 1.165) is 10.6 Å². The minimum Gasteiger partial charge on any atom is -0.467 e. The molecule has 1 aromatic heterocycles. The Morgan fingerprint density at radius 2 is 1.63 bits per heavy atom. The number of furan rings is 1. The van der Waals surface area contributed by atoms with Crippen LogP contribution in [0.4, 0.5) is 11.4 Å². The van der Waals surface area contributed by atoms with E-state index in [1.807, 2.05) is 0 Å². The largest absolute Gasteiger partial charge is 0.467 e. The van der Waals surface area contributed by atoms with Crippen LogP contribution in [-0.4, -0.2) is 57.9 Å². The summed E-state index contributed by atoms with van der Waals surface area (Å²) in [6, 6.07) is 15.7. The lowest BCUT2D eigenvalue weighted by atomic mass is 10.1. The van der Waals surface area contributed by atoms with E-state index in [-0.39, 0.29) is 29.4 Å². The maximum Gasteiger partial charge on any atom is 0.253 e. The van der Waals surface area contributed by atoms with E-state index in [0.29, 0.717) is 11.3 Å². The van der Waals surface area contributed by atoms with Crippen molar-refractivity contribution in [3.63, 3.8) is 0 Å². The fourth-order valence-electron chi connectivity index (χ4n) is 3.21. The Bertz CT molecular complexity index is 1300. The molecule has 3 aromatic rings. The molecule has 0 spiro atoms. The number of carbonyl (C=O) groups excluding carboxylic acids is 3. The van der Waals surface area contributed by atoms with Crippen LogP contribution in [0.3, 0.4) is 0 Å². The van der Waals surface area contributed by atoms with Crippen molar-refractivity contribution in [3.8, 4) is 0 Å². The summed E-state index contributed by atoms with van der Waals surface area (Å²) in [6.07, 6.45) is 2.48. The number of hydrogen-bond acceptors (Lipinski definition) is 6. The molecule has 10 nitrogen and oxygen atoms in total. The minimum atomic E-state index is -3.83. The molecule has 1 heterocycles. The molecule has 0 radical (unpaired) electrons. The van der Waals surface area contributed by atoms with Crippen LogP contribution in [-0.2, 0) is 21.4 Å². The Morgan fingerprint density at radius 1 is 0.943 bits per heavy atom. The number of sulfonamides is 1. The maximum absolute atomic E-state index is 12.8. The van der Waals surface area contributed by atoms with Crippen molar-refractivity contribution in [2.45, 2.75) is 6.54 Å². The number of benzene rings is 2. The second-order valence-electron chi connectivity index (χ2n) is 7.87. The van der Waals surface area contributed by atoms with Crippen LogP contribution in [0.2, 0.25) is 0 Å². The third-order valence-electron chi connectivity index (χ3n) is 4.95. The predicted octanol–water partition coefficient (Wildman–Crippen LogP) is 2.32. The van der Waals surface area contributed by atoms with Crippen LogP contribution in [0.5, 0.6) is 0 Å². The van der Waals surface area contributed by atoms with Gasteiger partial charge in [-0.25, -0.2) is 8.42 Å². The molecule has 184 valence electrons. The zero-order chi connectivity index (χ0) is 25.6. The highest BCUT2D eigenvalue weighted by Crippen LogP contribution is 2.20. The van der Waals surface area contributed by atoms with Crippen molar-refractivity contribution < 1.29 is 27.2 Å². The van der Waals surface area contributed by atoms with Crippen molar-refractivity contribution in [2.75, 3.05) is 36.5 Å². The third kappa shape index (κ3) is 6.70. The van der Waals surface area contributed by atoms with E-state index in [1.165, 1.54) is 35.4 Å². The highest BCUT2D eigenvalue weighted by molar-refractivity contribution is 7.92. The van der Waals surface area contributed by atoms with E-state index in [9.17, 15) is 22.8 Å². The minimum absolute atomic E-state index is 0.169. The van der Waals surface area contributed by atoms with Gasteiger partial charge >= 0.3 is 0 Å². The Labute approximate surface area is 203 Å². The average molecular weight is 499 g/mol. The second kappa shape index (κ2) is 10.9. The van der Waals surface area contributed by atoms with Crippen LogP contribution in [0.15, 0.2) is 71.3 Å². The molecule has 0 bridgehead atoms. The molecule has 3 amide bonds. The first-order chi connectivity index (χ1) is 16.6. The summed E-state index contributed by atoms with van der Waals surface area (Å²) >= 11 is 0. The topological polar surface area (TPSA) is 129 Å². The third-order valence-corrected chi connectivity index (χ3v) is 6.09. The summed E-state index contributed by atoms with van der Waals surface area (Å²) in [5, 5.41) is 5.32. The van der Waals surface area contributed by atoms with Crippen molar-refractivity contribution in [2.24, 2.45) is 0 Å². The number of nitrogens with one attached hydrogen (secondary N) is 2. The highest BCUT2D eigenvalue weighted by atomic mass is 32.2. The first-order valence-electron chi connectivity index (χ1n) is 10.5. The highest BCUT2D eigenvalue weighted by Gasteiger charge is 2.22. The number of amides is 3. The average Bonchev–Trinajstić information content (AvgIpc) is 3.34. The standard InChI is InChI=1S/C24H26N4O6S/c1-27(2)24(31)17-10-12-18(13-11-17)28(35(3,32)33)16-22(29)26-21-9-5-4-8-20(21)23(30)25-15-19-7-6-14-34-19/h4-14H,15-16H2,1-3H3,(H,25,30)(H,26,29). The number of hydrogen-bond donors (Lipinski definition) is 2. The summed E-state index contributed by atoms with van der Waals surface area (Å²) in [7, 11) is -0.608. The molecule has 0 aliphatic carbocycles. The van der Waals surface area contributed by atoms with Crippen molar-refractivity contribution >= 4 is 39.1 Å². The van der Waals surface area contributed by atoms with Gasteiger partial charge in [-0.05, 0) is 48.5 Å². The number of carbonyl (C=O) groups is 3. The predicted molar refractivity (Wildman–Crippen MR) is 132 cm³/mol. The number of para-hydroxylation sites is 1. The lowest BCUT2D eigenvalue weighted by Gasteiger charge is -2.22. The lowest BCUT2D eigenvalue weighted by molar-refractivity contribution is -0.114. The summed E-state index contributed by atoms with van der Waals surface area (Å²) in [5.41, 5.74) is 1.05. The summed E-state index contributed by atoms with van der Waals surface area (Å²) in [5.74, 6) is -0.738. The molecular weight excluding hydrogens is 472 g/mol. The van der Waals surface area contributed by atoms with Gasteiger partial charge in [0, 0.05) is 19.7 Å². The molecule has 2 aromatic carbocycles. The fourth-order valence-corrected chi connectivity index (χ4v) is 4.07. The number of anilines is 2. The van der Waals surface area contributed by atoms with E-state index >= 15 is 0 Å². The molecule has 0 saturated heterocycles. The first kappa shape index (κ1) is 25.5. The summed E-state index contributed by atoms with van der Waals surface area (Å²) in [6.45, 7) is -0.357. The lowest BCUT2D eigenvalue weighted by Crippen LogP contribution is -2.37. The monoisotopic (exact) mass is 498 g/mol. The molecule has 0 fully saturated rings. The molecule has 11 heteroatoms. The Morgan fingerprint density at radius 3 is 2.23 bits per heavy atom.